The highest BCUT2D eigenvalue weighted by atomic mass is 16.6. The minimum Gasteiger partial charge on any atom is -0.382 e. The zero-order valence-corrected chi connectivity index (χ0v) is 10.6. The average Bonchev–Trinajstić information content (AvgIpc) is 2.20. The Kier molecular flexibility index (Phi) is 4.07. The van der Waals surface area contributed by atoms with Gasteiger partial charge in [-0.15, -0.1) is 0 Å². The summed E-state index contributed by atoms with van der Waals surface area (Å²) in [4.78, 5) is 10.2. The lowest BCUT2D eigenvalue weighted by Gasteiger charge is -2.27. The lowest BCUT2D eigenvalue weighted by Crippen LogP contribution is -2.36. The Balaban J connectivity index is 2.90. The maximum Gasteiger partial charge on any atom is 0.269 e. The molecule has 94 valence electrons. The number of methoxy groups -OCH3 is 1. The van der Waals surface area contributed by atoms with Crippen molar-refractivity contribution in [3.8, 4) is 0 Å². The minimum atomic E-state index is -0.392. The first-order valence-corrected chi connectivity index (χ1v) is 5.38. The van der Waals surface area contributed by atoms with Gasteiger partial charge in [0, 0.05) is 24.9 Å². The molecule has 0 bridgehead atoms. The predicted octanol–water partition coefficient (Wildman–Crippen LogP) is 2.74. The Morgan fingerprint density at radius 3 is 2.59 bits per heavy atom. The number of non-ortho nitro benzene ring substituents is 1. The topological polar surface area (TPSA) is 64.4 Å². The van der Waals surface area contributed by atoms with E-state index in [2.05, 4.69) is 5.32 Å². The second kappa shape index (κ2) is 5.14. The number of nitro groups is 1. The summed E-state index contributed by atoms with van der Waals surface area (Å²) in [6.07, 6.45) is 0. The van der Waals surface area contributed by atoms with Crippen molar-refractivity contribution in [3.63, 3.8) is 0 Å². The fraction of sp³-hybridized carbons (Fsp3) is 0.500. The van der Waals surface area contributed by atoms with E-state index in [1.807, 2.05) is 20.8 Å². The van der Waals surface area contributed by atoms with Crippen molar-refractivity contribution in [2.24, 2.45) is 0 Å². The summed E-state index contributed by atoms with van der Waals surface area (Å²) in [5.41, 5.74) is 1.63. The largest absolute Gasteiger partial charge is 0.382 e. The average molecular weight is 238 g/mol. The molecule has 0 unspecified atom stereocenters. The maximum absolute atomic E-state index is 10.6. The van der Waals surface area contributed by atoms with Gasteiger partial charge in [-0.05, 0) is 32.4 Å². The van der Waals surface area contributed by atoms with Crippen LogP contribution >= 0.6 is 0 Å². The highest BCUT2D eigenvalue weighted by Gasteiger charge is 2.18. The molecule has 0 aliphatic heterocycles. The molecule has 0 heterocycles. The first-order chi connectivity index (χ1) is 7.85. The highest BCUT2D eigenvalue weighted by molar-refractivity contribution is 5.56. The van der Waals surface area contributed by atoms with Gasteiger partial charge >= 0.3 is 0 Å². The third-order valence-electron chi connectivity index (χ3n) is 2.40. The van der Waals surface area contributed by atoms with Crippen LogP contribution < -0.4 is 5.32 Å². The van der Waals surface area contributed by atoms with Crippen LogP contribution in [0.25, 0.3) is 0 Å². The molecule has 1 aromatic rings. The van der Waals surface area contributed by atoms with E-state index >= 15 is 0 Å². The van der Waals surface area contributed by atoms with E-state index in [0.29, 0.717) is 6.61 Å². The molecule has 5 heteroatoms. The maximum atomic E-state index is 10.6. The lowest BCUT2D eigenvalue weighted by molar-refractivity contribution is -0.384. The van der Waals surface area contributed by atoms with Crippen LogP contribution in [-0.4, -0.2) is 24.2 Å². The van der Waals surface area contributed by atoms with E-state index in [1.165, 1.54) is 6.07 Å². The number of rotatable bonds is 5. The van der Waals surface area contributed by atoms with Crippen molar-refractivity contribution in [1.82, 2.24) is 0 Å². The molecule has 0 radical (unpaired) electrons. The smallest absolute Gasteiger partial charge is 0.269 e. The number of benzene rings is 1. The Bertz CT molecular complexity index is 416. The van der Waals surface area contributed by atoms with Gasteiger partial charge in [0.05, 0.1) is 17.1 Å². The molecule has 0 saturated carbocycles. The summed E-state index contributed by atoms with van der Waals surface area (Å²) in [5.74, 6) is 0. The van der Waals surface area contributed by atoms with Crippen molar-refractivity contribution in [2.75, 3.05) is 19.0 Å². The molecular weight excluding hydrogens is 220 g/mol. The standard InChI is InChI=1S/C12H18N2O3/c1-9-7-10(14(15)16)5-6-11(9)13-12(2,3)8-17-4/h5-7,13H,8H2,1-4H3. The van der Waals surface area contributed by atoms with E-state index in [4.69, 9.17) is 4.74 Å². The molecule has 0 aliphatic rings. The van der Waals surface area contributed by atoms with Gasteiger partial charge in [-0.25, -0.2) is 0 Å². The van der Waals surface area contributed by atoms with Crippen LogP contribution in [0.4, 0.5) is 11.4 Å². The van der Waals surface area contributed by atoms with Crippen LogP contribution in [0.1, 0.15) is 19.4 Å². The van der Waals surface area contributed by atoms with Gasteiger partial charge in [0.15, 0.2) is 0 Å². The van der Waals surface area contributed by atoms with E-state index in [9.17, 15) is 10.1 Å². The Morgan fingerprint density at radius 1 is 1.47 bits per heavy atom. The van der Waals surface area contributed by atoms with Crippen LogP contribution in [-0.2, 0) is 4.74 Å². The molecular formula is C12H18N2O3. The van der Waals surface area contributed by atoms with Crippen molar-refractivity contribution >= 4 is 11.4 Å². The van der Waals surface area contributed by atoms with Gasteiger partial charge in [0.1, 0.15) is 0 Å². The van der Waals surface area contributed by atoms with Gasteiger partial charge in [-0.2, -0.15) is 0 Å². The Labute approximate surface area is 101 Å². The van der Waals surface area contributed by atoms with Gasteiger partial charge in [-0.1, -0.05) is 0 Å². The number of nitrogens with one attached hydrogen (secondary N) is 1. The molecule has 1 aromatic carbocycles. The van der Waals surface area contributed by atoms with Crippen LogP contribution in [0.5, 0.6) is 0 Å². The third kappa shape index (κ3) is 3.71. The molecule has 1 N–H and O–H groups in total. The molecule has 5 nitrogen and oxygen atoms in total. The van der Waals surface area contributed by atoms with Gasteiger partial charge in [0.2, 0.25) is 0 Å². The number of aryl methyl sites for hydroxylation is 1. The third-order valence-corrected chi connectivity index (χ3v) is 2.40. The molecule has 0 amide bonds. The predicted molar refractivity (Wildman–Crippen MR) is 67.4 cm³/mol. The summed E-state index contributed by atoms with van der Waals surface area (Å²) in [5, 5.41) is 13.9. The number of nitrogens with zero attached hydrogens (tertiary/aromatic N) is 1. The SMILES string of the molecule is COCC(C)(C)Nc1ccc([N+](=O)[O-])cc1C. The second-order valence-electron chi connectivity index (χ2n) is 4.70. The van der Waals surface area contributed by atoms with Crippen molar-refractivity contribution < 1.29 is 9.66 Å². The number of nitro benzene ring substituents is 1. The van der Waals surface area contributed by atoms with Gasteiger partial charge in [0.25, 0.3) is 5.69 Å². The van der Waals surface area contributed by atoms with Gasteiger partial charge < -0.3 is 10.1 Å². The number of hydrogen-bond acceptors (Lipinski definition) is 4. The highest BCUT2D eigenvalue weighted by Crippen LogP contribution is 2.24. The normalized spacial score (nSPS) is 11.3. The first kappa shape index (κ1) is 13.4. The lowest BCUT2D eigenvalue weighted by atomic mass is 10.0. The van der Waals surface area contributed by atoms with E-state index in [1.54, 1.807) is 19.2 Å². The quantitative estimate of drug-likeness (QED) is 0.632. The summed E-state index contributed by atoms with van der Waals surface area (Å²) >= 11 is 0. The number of ether oxygens (including phenoxy) is 1. The summed E-state index contributed by atoms with van der Waals surface area (Å²) in [6, 6.07) is 4.79. The number of hydrogen-bond donors (Lipinski definition) is 1. The zero-order chi connectivity index (χ0) is 13.1. The van der Waals surface area contributed by atoms with E-state index < -0.39 is 4.92 Å². The first-order valence-electron chi connectivity index (χ1n) is 5.38. The van der Waals surface area contributed by atoms with Crippen molar-refractivity contribution in [3.05, 3.63) is 33.9 Å². The molecule has 0 fully saturated rings. The minimum absolute atomic E-state index is 0.109. The molecule has 1 rings (SSSR count). The van der Waals surface area contributed by atoms with Gasteiger partial charge in [-0.3, -0.25) is 10.1 Å². The van der Waals surface area contributed by atoms with E-state index in [-0.39, 0.29) is 11.2 Å². The van der Waals surface area contributed by atoms with Crippen LogP contribution in [0, 0.1) is 17.0 Å². The molecule has 17 heavy (non-hydrogen) atoms. The number of anilines is 1. The molecule has 0 aliphatic carbocycles. The second-order valence-corrected chi connectivity index (χ2v) is 4.70. The fourth-order valence-corrected chi connectivity index (χ4v) is 1.66. The summed E-state index contributed by atoms with van der Waals surface area (Å²) in [6.45, 7) is 6.43. The van der Waals surface area contributed by atoms with Crippen LogP contribution in [0.2, 0.25) is 0 Å². The van der Waals surface area contributed by atoms with Crippen molar-refractivity contribution in [2.45, 2.75) is 26.3 Å². The Hall–Kier alpha value is -1.62. The Morgan fingerprint density at radius 2 is 2.12 bits per heavy atom. The monoisotopic (exact) mass is 238 g/mol. The van der Waals surface area contributed by atoms with Crippen LogP contribution in [0.3, 0.4) is 0 Å². The fourth-order valence-electron chi connectivity index (χ4n) is 1.66. The molecule has 0 spiro atoms. The summed E-state index contributed by atoms with van der Waals surface area (Å²) < 4.78 is 5.11. The molecule has 0 atom stereocenters. The van der Waals surface area contributed by atoms with E-state index in [0.717, 1.165) is 11.3 Å². The molecule has 0 aromatic heterocycles. The summed E-state index contributed by atoms with van der Waals surface area (Å²) in [7, 11) is 1.64. The van der Waals surface area contributed by atoms with Crippen LogP contribution in [0.15, 0.2) is 18.2 Å². The molecule has 0 saturated heterocycles. The zero-order valence-electron chi connectivity index (χ0n) is 10.6. The van der Waals surface area contributed by atoms with Crippen molar-refractivity contribution in [1.29, 1.82) is 0 Å².